The second-order valence-corrected chi connectivity index (χ2v) is 5.02. The van der Waals surface area contributed by atoms with Gasteiger partial charge in [-0.2, -0.15) is 4.98 Å². The third-order valence-corrected chi connectivity index (χ3v) is 3.51. The van der Waals surface area contributed by atoms with Gasteiger partial charge in [0.05, 0.1) is 25.3 Å². The third kappa shape index (κ3) is 2.12. The van der Waals surface area contributed by atoms with Gasteiger partial charge in [0.15, 0.2) is 23.8 Å². The highest BCUT2D eigenvalue weighted by Gasteiger charge is 2.37. The molecule has 2 aliphatic heterocycles. The molecule has 19 heavy (non-hydrogen) atoms. The fourth-order valence-electron chi connectivity index (χ4n) is 2.56. The molecule has 1 fully saturated rings. The molecule has 8 heteroatoms. The SMILES string of the molecule is C[C@@H]1COCC2COc3c(C[NH+]=[N-])nc(Cl)nc3N21. The highest BCUT2D eigenvalue weighted by molar-refractivity contribution is 6.28. The Bertz CT molecular complexity index is 512. The van der Waals surface area contributed by atoms with Gasteiger partial charge in [0, 0.05) is 0 Å². The maximum absolute atomic E-state index is 8.85. The van der Waals surface area contributed by atoms with E-state index in [0.717, 1.165) is 0 Å². The van der Waals surface area contributed by atoms with Crippen LogP contribution >= 0.6 is 11.6 Å². The van der Waals surface area contributed by atoms with Crippen LogP contribution in [0.4, 0.5) is 5.82 Å². The highest BCUT2D eigenvalue weighted by atomic mass is 35.5. The zero-order valence-electron chi connectivity index (χ0n) is 10.5. The number of hydrogen-bond donors (Lipinski definition) is 1. The van der Waals surface area contributed by atoms with E-state index in [2.05, 4.69) is 26.9 Å². The summed E-state index contributed by atoms with van der Waals surface area (Å²) >= 11 is 5.95. The Morgan fingerprint density at radius 1 is 1.42 bits per heavy atom. The molecule has 1 saturated heterocycles. The molecule has 0 aromatic carbocycles. The number of aromatic nitrogens is 2. The summed E-state index contributed by atoms with van der Waals surface area (Å²) in [5.74, 6) is 1.26. The minimum Gasteiger partial charge on any atom is -0.508 e. The van der Waals surface area contributed by atoms with E-state index in [1.165, 1.54) is 0 Å². The summed E-state index contributed by atoms with van der Waals surface area (Å²) in [6, 6.07) is 0.333. The first-order chi connectivity index (χ1) is 9.20. The second-order valence-electron chi connectivity index (χ2n) is 4.69. The molecule has 1 aromatic heterocycles. The van der Waals surface area contributed by atoms with Gasteiger partial charge >= 0.3 is 0 Å². The van der Waals surface area contributed by atoms with E-state index in [4.69, 9.17) is 26.6 Å². The second kappa shape index (κ2) is 4.90. The molecule has 7 nitrogen and oxygen atoms in total. The van der Waals surface area contributed by atoms with Gasteiger partial charge in [-0.3, -0.25) is 0 Å². The van der Waals surface area contributed by atoms with Crippen molar-refractivity contribution in [2.45, 2.75) is 25.6 Å². The van der Waals surface area contributed by atoms with Crippen molar-refractivity contribution in [2.75, 3.05) is 24.7 Å². The molecule has 1 N–H and O–H groups in total. The van der Waals surface area contributed by atoms with Crippen LogP contribution in [0.1, 0.15) is 12.6 Å². The van der Waals surface area contributed by atoms with Crippen LogP contribution in [-0.2, 0) is 11.3 Å². The van der Waals surface area contributed by atoms with E-state index in [9.17, 15) is 0 Å². The number of rotatable bonds is 2. The van der Waals surface area contributed by atoms with Crippen LogP contribution in [-0.4, -0.2) is 41.9 Å². The summed E-state index contributed by atoms with van der Waals surface area (Å²) in [4.78, 5) is 10.5. The Kier molecular flexibility index (Phi) is 3.24. The minimum atomic E-state index is 0.136. The van der Waals surface area contributed by atoms with E-state index in [-0.39, 0.29) is 23.9 Å². The van der Waals surface area contributed by atoms with Gasteiger partial charge < -0.3 is 25.0 Å². The van der Waals surface area contributed by atoms with Crippen LogP contribution < -0.4 is 14.8 Å². The molecule has 2 aliphatic rings. The van der Waals surface area contributed by atoms with Gasteiger partial charge in [0.25, 0.3) is 0 Å². The Balaban J connectivity index is 2.08. The molecule has 0 radical (unpaired) electrons. The molecule has 0 amide bonds. The smallest absolute Gasteiger partial charge is 0.225 e. The Labute approximate surface area is 115 Å². The van der Waals surface area contributed by atoms with Gasteiger partial charge in [-0.25, -0.2) is 4.98 Å². The molecule has 2 atom stereocenters. The zero-order chi connectivity index (χ0) is 13.4. The van der Waals surface area contributed by atoms with E-state index in [0.29, 0.717) is 37.1 Å². The predicted octanol–water partition coefficient (Wildman–Crippen LogP) is -0.282. The number of morpholine rings is 1. The lowest BCUT2D eigenvalue weighted by atomic mass is 10.1. The zero-order valence-corrected chi connectivity index (χ0v) is 11.2. The van der Waals surface area contributed by atoms with Gasteiger partial charge in [-0.1, -0.05) is 0 Å². The van der Waals surface area contributed by atoms with Crippen LogP contribution in [0.5, 0.6) is 5.75 Å². The third-order valence-electron chi connectivity index (χ3n) is 3.34. The summed E-state index contributed by atoms with van der Waals surface area (Å²) < 4.78 is 11.2. The molecule has 0 bridgehead atoms. The summed E-state index contributed by atoms with van der Waals surface area (Å²) in [6.07, 6.45) is 0. The Hall–Kier alpha value is -1.47. The minimum absolute atomic E-state index is 0.136. The lowest BCUT2D eigenvalue weighted by Gasteiger charge is -2.44. The van der Waals surface area contributed by atoms with Crippen molar-refractivity contribution in [3.05, 3.63) is 16.5 Å². The van der Waals surface area contributed by atoms with E-state index < -0.39 is 0 Å². The summed E-state index contributed by atoms with van der Waals surface area (Å²) in [7, 11) is 0. The Morgan fingerprint density at radius 2 is 2.26 bits per heavy atom. The monoisotopic (exact) mass is 283 g/mol. The number of nitrogens with one attached hydrogen (secondary N) is 1. The molecular weight excluding hydrogens is 270 g/mol. The fraction of sp³-hybridized carbons (Fsp3) is 0.636. The summed E-state index contributed by atoms with van der Waals surface area (Å²) in [5, 5.41) is 2.22. The Morgan fingerprint density at radius 3 is 3.05 bits per heavy atom. The quantitative estimate of drug-likeness (QED) is 0.596. The maximum Gasteiger partial charge on any atom is 0.225 e. The highest BCUT2D eigenvalue weighted by Crippen LogP contribution is 2.37. The predicted molar refractivity (Wildman–Crippen MR) is 67.1 cm³/mol. The lowest BCUT2D eigenvalue weighted by Crippen LogP contribution is -2.61. The van der Waals surface area contributed by atoms with Crippen molar-refractivity contribution in [1.82, 2.24) is 9.97 Å². The molecule has 0 saturated carbocycles. The number of halogens is 1. The van der Waals surface area contributed by atoms with Crippen molar-refractivity contribution < 1.29 is 14.6 Å². The number of nitrogens with zero attached hydrogens (tertiary/aromatic N) is 4. The van der Waals surface area contributed by atoms with Crippen LogP contribution in [0, 0.1) is 0 Å². The normalized spacial score (nSPS) is 25.3. The lowest BCUT2D eigenvalue weighted by molar-refractivity contribution is -0.499. The average Bonchev–Trinajstić information content (AvgIpc) is 2.38. The maximum atomic E-state index is 8.85. The van der Waals surface area contributed by atoms with Crippen LogP contribution in [0.3, 0.4) is 0 Å². The largest absolute Gasteiger partial charge is 0.508 e. The standard InChI is InChI=1S/C11H14ClN5O2/c1-6-3-18-4-7-5-19-9-8(2-14-13)15-11(12)16-10(9)17(6)7/h6-7,14H,2-5H2,1H3/t6-,7?/m1/s1. The van der Waals surface area contributed by atoms with Gasteiger partial charge in [0.1, 0.15) is 6.61 Å². The number of ether oxygens (including phenoxy) is 2. The molecule has 1 unspecified atom stereocenters. The summed E-state index contributed by atoms with van der Waals surface area (Å²) in [5.41, 5.74) is 9.40. The summed E-state index contributed by atoms with van der Waals surface area (Å²) in [6.45, 7) is 4.00. The average molecular weight is 284 g/mol. The van der Waals surface area contributed by atoms with Gasteiger partial charge in [0.2, 0.25) is 5.28 Å². The fourth-order valence-corrected chi connectivity index (χ4v) is 2.74. The number of hydrogen-bond acceptors (Lipinski definition) is 5. The van der Waals surface area contributed by atoms with E-state index in [1.54, 1.807) is 0 Å². The number of anilines is 1. The van der Waals surface area contributed by atoms with Crippen molar-refractivity contribution in [3.63, 3.8) is 0 Å². The number of fused-ring (bicyclic) bond motifs is 3. The van der Waals surface area contributed by atoms with Crippen LogP contribution in [0.25, 0.3) is 5.53 Å². The van der Waals surface area contributed by atoms with Crippen LogP contribution in [0.2, 0.25) is 5.28 Å². The topological polar surface area (TPSA) is 83.8 Å². The van der Waals surface area contributed by atoms with E-state index in [1.807, 2.05) is 0 Å². The molecular formula is C11H14ClN5O2. The van der Waals surface area contributed by atoms with E-state index >= 15 is 0 Å². The van der Waals surface area contributed by atoms with Gasteiger partial charge in [-0.15, -0.1) is 0 Å². The molecule has 102 valence electrons. The molecule has 3 rings (SSSR count). The molecule has 1 aromatic rings. The first kappa shape index (κ1) is 12.6. The van der Waals surface area contributed by atoms with Gasteiger partial charge in [-0.05, 0) is 18.5 Å². The van der Waals surface area contributed by atoms with Crippen molar-refractivity contribution in [1.29, 1.82) is 0 Å². The van der Waals surface area contributed by atoms with Crippen molar-refractivity contribution in [2.24, 2.45) is 0 Å². The van der Waals surface area contributed by atoms with Crippen molar-refractivity contribution in [3.8, 4) is 5.75 Å². The first-order valence-electron chi connectivity index (χ1n) is 6.13. The molecule has 3 heterocycles. The molecule has 0 aliphatic carbocycles. The molecule has 0 spiro atoms. The first-order valence-corrected chi connectivity index (χ1v) is 6.50. The van der Waals surface area contributed by atoms with Crippen molar-refractivity contribution >= 4 is 17.4 Å². The van der Waals surface area contributed by atoms with Crippen LogP contribution in [0.15, 0.2) is 0 Å².